The lowest BCUT2D eigenvalue weighted by molar-refractivity contribution is 0.101. The maximum Gasteiger partial charge on any atom is 0.159 e. The predicted octanol–water partition coefficient (Wildman–Crippen LogP) is 3.00. The van der Waals surface area contributed by atoms with E-state index in [4.69, 9.17) is 11.6 Å². The smallest absolute Gasteiger partial charge is 0.159 e. The summed E-state index contributed by atoms with van der Waals surface area (Å²) in [5.41, 5.74) is 3.18. The van der Waals surface area contributed by atoms with Gasteiger partial charge in [0, 0.05) is 22.8 Å². The lowest BCUT2D eigenvalue weighted by Gasteiger charge is -2.18. The van der Waals surface area contributed by atoms with Crippen molar-refractivity contribution < 1.29 is 4.79 Å². The second-order valence-corrected chi connectivity index (χ2v) is 4.62. The lowest BCUT2D eigenvalue weighted by atomic mass is 10.1. The Morgan fingerprint density at radius 1 is 1.56 bits per heavy atom. The number of hydrogen-bond donors (Lipinski definition) is 0. The van der Waals surface area contributed by atoms with Crippen LogP contribution in [0.3, 0.4) is 0 Å². The van der Waals surface area contributed by atoms with Crippen LogP contribution >= 0.6 is 11.6 Å². The molecule has 16 heavy (non-hydrogen) atoms. The molecule has 0 N–H and O–H groups in total. The molecule has 0 saturated carbocycles. The number of benzene rings is 1. The molecule has 0 unspecified atom stereocenters. The van der Waals surface area contributed by atoms with Crippen LogP contribution in [-0.4, -0.2) is 18.9 Å². The van der Waals surface area contributed by atoms with E-state index in [1.54, 1.807) is 6.92 Å². The molecule has 0 fully saturated rings. The van der Waals surface area contributed by atoms with Gasteiger partial charge in [-0.3, -0.25) is 4.79 Å². The van der Waals surface area contributed by atoms with E-state index in [-0.39, 0.29) is 5.78 Å². The van der Waals surface area contributed by atoms with E-state index < -0.39 is 0 Å². The highest BCUT2D eigenvalue weighted by Gasteiger charge is 2.19. The summed E-state index contributed by atoms with van der Waals surface area (Å²) in [6.07, 6.45) is 0.973. The summed E-state index contributed by atoms with van der Waals surface area (Å²) in [5.74, 6) is 0.114. The maximum atomic E-state index is 11.3. The summed E-state index contributed by atoms with van der Waals surface area (Å²) in [6, 6.07) is 5.85. The molecule has 0 radical (unpaired) electrons. The zero-order valence-electron chi connectivity index (χ0n) is 9.29. The molecular weight excluding hydrogens is 222 g/mol. The Hall–Kier alpha value is -1.28. The summed E-state index contributed by atoms with van der Waals surface area (Å²) < 4.78 is 0. The van der Waals surface area contributed by atoms with Crippen molar-refractivity contribution in [1.82, 2.24) is 0 Å². The van der Waals surface area contributed by atoms with E-state index >= 15 is 0 Å². The van der Waals surface area contributed by atoms with Crippen molar-refractivity contribution in [2.75, 3.05) is 18.0 Å². The number of halogens is 1. The molecule has 0 aliphatic carbocycles. The number of Topliss-reactive ketones (excluding diaryl/α,β-unsaturated/α-hetero) is 1. The van der Waals surface area contributed by atoms with Crippen LogP contribution in [0.2, 0.25) is 0 Å². The molecule has 84 valence electrons. The molecule has 0 spiro atoms. The average Bonchev–Trinajstić information content (AvgIpc) is 2.60. The first-order valence-electron chi connectivity index (χ1n) is 5.30. The Morgan fingerprint density at radius 2 is 2.31 bits per heavy atom. The van der Waals surface area contributed by atoms with Gasteiger partial charge in [-0.05, 0) is 37.1 Å². The number of carbonyl (C=O) groups excluding carboxylic acids is 1. The minimum absolute atomic E-state index is 0.114. The first-order valence-corrected chi connectivity index (χ1v) is 5.68. The minimum atomic E-state index is 0.114. The number of hydrogen-bond acceptors (Lipinski definition) is 2. The van der Waals surface area contributed by atoms with Crippen molar-refractivity contribution in [3.05, 3.63) is 40.9 Å². The molecule has 0 atom stereocenters. The Bertz CT molecular complexity index is 453. The van der Waals surface area contributed by atoms with E-state index in [9.17, 15) is 4.79 Å². The number of fused-ring (bicyclic) bond motifs is 1. The van der Waals surface area contributed by atoms with E-state index in [2.05, 4.69) is 11.5 Å². The van der Waals surface area contributed by atoms with Crippen LogP contribution in [0, 0.1) is 0 Å². The van der Waals surface area contributed by atoms with Crippen molar-refractivity contribution >= 4 is 23.1 Å². The van der Waals surface area contributed by atoms with Crippen molar-refractivity contribution in [2.45, 2.75) is 13.3 Å². The summed E-state index contributed by atoms with van der Waals surface area (Å²) >= 11 is 5.82. The van der Waals surface area contributed by atoms with Crippen LogP contribution in [0.4, 0.5) is 5.69 Å². The molecule has 0 aromatic heterocycles. The van der Waals surface area contributed by atoms with Crippen LogP contribution in [0.25, 0.3) is 0 Å². The zero-order chi connectivity index (χ0) is 11.7. The maximum absolute atomic E-state index is 11.3. The number of nitrogens with zero attached hydrogens (tertiary/aromatic N) is 1. The Labute approximate surface area is 101 Å². The minimum Gasteiger partial charge on any atom is -0.366 e. The van der Waals surface area contributed by atoms with Crippen LogP contribution in [0.1, 0.15) is 22.8 Å². The average molecular weight is 236 g/mol. The van der Waals surface area contributed by atoms with Crippen molar-refractivity contribution in [1.29, 1.82) is 0 Å². The van der Waals surface area contributed by atoms with Gasteiger partial charge in [-0.15, -0.1) is 0 Å². The second kappa shape index (κ2) is 4.30. The molecule has 1 aliphatic rings. The van der Waals surface area contributed by atoms with Gasteiger partial charge in [0.1, 0.15) is 0 Å². The topological polar surface area (TPSA) is 20.3 Å². The SMILES string of the molecule is C=C(Cl)CN1CCc2cc(C(C)=O)ccc21. The third-order valence-corrected chi connectivity index (χ3v) is 2.96. The first kappa shape index (κ1) is 11.2. The van der Waals surface area contributed by atoms with E-state index in [1.807, 2.05) is 18.2 Å². The zero-order valence-corrected chi connectivity index (χ0v) is 10.0. The predicted molar refractivity (Wildman–Crippen MR) is 67.4 cm³/mol. The highest BCUT2D eigenvalue weighted by Crippen LogP contribution is 2.29. The van der Waals surface area contributed by atoms with Gasteiger partial charge in [-0.25, -0.2) is 0 Å². The molecule has 1 aromatic carbocycles. The monoisotopic (exact) mass is 235 g/mol. The van der Waals surface area contributed by atoms with Crippen LogP contribution in [0.5, 0.6) is 0 Å². The van der Waals surface area contributed by atoms with Gasteiger partial charge < -0.3 is 4.90 Å². The van der Waals surface area contributed by atoms with Crippen molar-refractivity contribution in [3.8, 4) is 0 Å². The fraction of sp³-hybridized carbons (Fsp3) is 0.308. The highest BCUT2D eigenvalue weighted by molar-refractivity contribution is 6.29. The van der Waals surface area contributed by atoms with Crippen molar-refractivity contribution in [2.24, 2.45) is 0 Å². The van der Waals surface area contributed by atoms with E-state index in [0.29, 0.717) is 11.6 Å². The highest BCUT2D eigenvalue weighted by atomic mass is 35.5. The molecule has 3 heteroatoms. The summed E-state index contributed by atoms with van der Waals surface area (Å²) in [6.45, 7) is 6.92. The largest absolute Gasteiger partial charge is 0.366 e. The summed E-state index contributed by atoms with van der Waals surface area (Å²) in [4.78, 5) is 13.4. The standard InChI is InChI=1S/C13H14ClNO/c1-9(14)8-15-6-5-12-7-11(10(2)16)3-4-13(12)15/h3-4,7H,1,5-6,8H2,2H3. The Kier molecular flexibility index (Phi) is 3.01. The second-order valence-electron chi connectivity index (χ2n) is 4.09. The van der Waals surface area contributed by atoms with Gasteiger partial charge in [0.15, 0.2) is 5.78 Å². The molecule has 0 amide bonds. The van der Waals surface area contributed by atoms with Gasteiger partial charge in [0.2, 0.25) is 0 Å². The Balaban J connectivity index is 2.28. The first-order chi connectivity index (χ1) is 7.58. The van der Waals surface area contributed by atoms with Crippen LogP contribution in [0.15, 0.2) is 29.8 Å². The third-order valence-electron chi connectivity index (χ3n) is 2.84. The van der Waals surface area contributed by atoms with Gasteiger partial charge >= 0.3 is 0 Å². The van der Waals surface area contributed by atoms with E-state index in [1.165, 1.54) is 11.3 Å². The number of carbonyl (C=O) groups is 1. The quantitative estimate of drug-likeness (QED) is 0.751. The van der Waals surface area contributed by atoms with Gasteiger partial charge in [0.05, 0.1) is 6.54 Å². The molecule has 2 nitrogen and oxygen atoms in total. The number of rotatable bonds is 3. The molecular formula is C13H14ClNO. The van der Waals surface area contributed by atoms with Crippen LogP contribution < -0.4 is 4.90 Å². The molecule has 1 aliphatic heterocycles. The molecule has 0 saturated heterocycles. The fourth-order valence-electron chi connectivity index (χ4n) is 2.06. The molecule has 1 aromatic rings. The van der Waals surface area contributed by atoms with E-state index in [0.717, 1.165) is 18.5 Å². The van der Waals surface area contributed by atoms with Gasteiger partial charge in [-0.1, -0.05) is 18.2 Å². The molecule has 0 bridgehead atoms. The number of ketones is 1. The summed E-state index contributed by atoms with van der Waals surface area (Å²) in [5, 5.41) is 0.642. The molecule has 1 heterocycles. The third kappa shape index (κ3) is 2.12. The fourth-order valence-corrected chi connectivity index (χ4v) is 2.20. The normalized spacial score (nSPS) is 13.8. The summed E-state index contributed by atoms with van der Waals surface area (Å²) in [7, 11) is 0. The van der Waals surface area contributed by atoms with Crippen molar-refractivity contribution in [3.63, 3.8) is 0 Å². The van der Waals surface area contributed by atoms with Gasteiger partial charge in [-0.2, -0.15) is 0 Å². The number of anilines is 1. The lowest BCUT2D eigenvalue weighted by Crippen LogP contribution is -2.21. The Morgan fingerprint density at radius 3 is 2.94 bits per heavy atom. The van der Waals surface area contributed by atoms with Gasteiger partial charge in [0.25, 0.3) is 0 Å². The van der Waals surface area contributed by atoms with Crippen LogP contribution in [-0.2, 0) is 6.42 Å². The molecule has 2 rings (SSSR count).